The van der Waals surface area contributed by atoms with E-state index in [0.717, 1.165) is 24.3 Å². The zero-order valence-corrected chi connectivity index (χ0v) is 12.2. The normalized spacial score (nSPS) is 10.5. The van der Waals surface area contributed by atoms with Gasteiger partial charge in [0.05, 0.1) is 5.88 Å². The third-order valence-electron chi connectivity index (χ3n) is 2.94. The molecule has 2 aromatic rings. The van der Waals surface area contributed by atoms with Crippen molar-refractivity contribution in [3.05, 3.63) is 52.9 Å². The number of hydrogen-bond donors (Lipinski definition) is 0. The molecular formula is C14H15Cl2N3. The summed E-state index contributed by atoms with van der Waals surface area (Å²) in [6.07, 6.45) is 2.41. The van der Waals surface area contributed by atoms with Gasteiger partial charge in [0.2, 0.25) is 0 Å². The topological polar surface area (TPSA) is 29.0 Å². The minimum atomic E-state index is 0.310. The van der Waals surface area contributed by atoms with Gasteiger partial charge in [0.25, 0.3) is 0 Å². The van der Waals surface area contributed by atoms with Crippen LogP contribution in [0.1, 0.15) is 11.1 Å². The second-order valence-corrected chi connectivity index (χ2v) is 4.88. The van der Waals surface area contributed by atoms with Crippen LogP contribution in [0.3, 0.4) is 0 Å². The Morgan fingerprint density at radius 3 is 2.58 bits per heavy atom. The van der Waals surface area contributed by atoms with Crippen LogP contribution >= 0.6 is 23.2 Å². The highest BCUT2D eigenvalue weighted by molar-refractivity contribution is 6.31. The maximum Gasteiger partial charge on any atom is 0.138 e. The van der Waals surface area contributed by atoms with E-state index in [4.69, 9.17) is 23.2 Å². The molecule has 1 heterocycles. The smallest absolute Gasteiger partial charge is 0.138 e. The zero-order chi connectivity index (χ0) is 13.7. The second-order valence-electron chi connectivity index (χ2n) is 4.26. The lowest BCUT2D eigenvalue weighted by Crippen LogP contribution is -2.23. The Bertz CT molecular complexity index is 531. The summed E-state index contributed by atoms with van der Waals surface area (Å²) >= 11 is 11.9. The van der Waals surface area contributed by atoms with E-state index in [1.165, 1.54) is 11.9 Å². The largest absolute Gasteiger partial charge is 0.359 e. The van der Waals surface area contributed by atoms with Crippen LogP contribution < -0.4 is 4.90 Å². The molecule has 0 saturated carbocycles. The van der Waals surface area contributed by atoms with Crippen molar-refractivity contribution in [2.45, 2.75) is 12.3 Å². The van der Waals surface area contributed by atoms with Crippen LogP contribution in [-0.4, -0.2) is 23.6 Å². The molecule has 1 aromatic carbocycles. The van der Waals surface area contributed by atoms with Gasteiger partial charge in [-0.25, -0.2) is 9.97 Å². The Balaban J connectivity index is 2.08. The van der Waals surface area contributed by atoms with Crippen LogP contribution in [0.25, 0.3) is 0 Å². The SMILES string of the molecule is CN(CCc1ccccc1)c1ncnc(Cl)c1CCl. The van der Waals surface area contributed by atoms with Crippen molar-refractivity contribution in [3.8, 4) is 0 Å². The quantitative estimate of drug-likeness (QED) is 0.624. The Morgan fingerprint density at radius 1 is 1.16 bits per heavy atom. The lowest BCUT2D eigenvalue weighted by atomic mass is 10.1. The van der Waals surface area contributed by atoms with Gasteiger partial charge in [0.1, 0.15) is 17.3 Å². The lowest BCUT2D eigenvalue weighted by Gasteiger charge is -2.20. The summed E-state index contributed by atoms with van der Waals surface area (Å²) in [5.41, 5.74) is 2.07. The van der Waals surface area contributed by atoms with Crippen LogP contribution in [0, 0.1) is 0 Å². The Kier molecular flexibility index (Phi) is 5.00. The molecule has 0 amide bonds. The number of anilines is 1. The molecule has 100 valence electrons. The highest BCUT2D eigenvalue weighted by Crippen LogP contribution is 2.24. The first-order valence-electron chi connectivity index (χ1n) is 6.02. The van der Waals surface area contributed by atoms with Crippen LogP contribution in [0.5, 0.6) is 0 Å². The van der Waals surface area contributed by atoms with E-state index in [0.29, 0.717) is 11.0 Å². The van der Waals surface area contributed by atoms with E-state index in [1.54, 1.807) is 0 Å². The molecule has 0 aliphatic carbocycles. The first-order chi connectivity index (χ1) is 9.22. The predicted octanol–water partition coefficient (Wildman–Crippen LogP) is 3.55. The molecular weight excluding hydrogens is 281 g/mol. The lowest BCUT2D eigenvalue weighted by molar-refractivity contribution is 0.848. The molecule has 0 bridgehead atoms. The van der Waals surface area contributed by atoms with Crippen molar-refractivity contribution in [2.75, 3.05) is 18.5 Å². The fourth-order valence-corrected chi connectivity index (χ4v) is 2.38. The molecule has 0 spiro atoms. The number of likely N-dealkylation sites (N-methyl/N-ethyl adjacent to an activating group) is 1. The summed E-state index contributed by atoms with van der Waals surface area (Å²) in [4.78, 5) is 10.3. The number of rotatable bonds is 5. The van der Waals surface area contributed by atoms with Crippen LogP contribution in [0.4, 0.5) is 5.82 Å². The standard InChI is InChI=1S/C14H15Cl2N3/c1-19(8-7-11-5-3-2-4-6-11)14-12(9-15)13(16)17-10-18-14/h2-6,10H,7-9H2,1H3. The molecule has 0 atom stereocenters. The van der Waals surface area contributed by atoms with E-state index in [1.807, 2.05) is 25.2 Å². The van der Waals surface area contributed by atoms with Gasteiger partial charge in [-0.15, -0.1) is 11.6 Å². The monoisotopic (exact) mass is 295 g/mol. The van der Waals surface area contributed by atoms with Gasteiger partial charge < -0.3 is 4.90 Å². The minimum absolute atomic E-state index is 0.310. The molecule has 0 radical (unpaired) electrons. The molecule has 0 fully saturated rings. The predicted molar refractivity (Wildman–Crippen MR) is 80.0 cm³/mol. The highest BCUT2D eigenvalue weighted by Gasteiger charge is 2.12. The number of nitrogens with zero attached hydrogens (tertiary/aromatic N) is 3. The minimum Gasteiger partial charge on any atom is -0.359 e. The van der Waals surface area contributed by atoms with Crippen molar-refractivity contribution in [2.24, 2.45) is 0 Å². The Labute approximate surface area is 123 Å². The average Bonchev–Trinajstić information content (AvgIpc) is 2.45. The van der Waals surface area contributed by atoms with Crippen molar-refractivity contribution >= 4 is 29.0 Å². The Hall–Kier alpha value is -1.32. The van der Waals surface area contributed by atoms with Gasteiger partial charge in [-0.1, -0.05) is 41.9 Å². The van der Waals surface area contributed by atoms with Crippen molar-refractivity contribution in [1.82, 2.24) is 9.97 Å². The van der Waals surface area contributed by atoms with Gasteiger partial charge in [-0.2, -0.15) is 0 Å². The zero-order valence-electron chi connectivity index (χ0n) is 10.7. The first kappa shape index (κ1) is 14.1. The summed E-state index contributed by atoms with van der Waals surface area (Å²) in [5, 5.41) is 0.423. The second kappa shape index (κ2) is 6.73. The third-order valence-corrected chi connectivity index (χ3v) is 3.54. The van der Waals surface area contributed by atoms with Gasteiger partial charge >= 0.3 is 0 Å². The van der Waals surface area contributed by atoms with E-state index in [2.05, 4.69) is 27.0 Å². The fraction of sp³-hybridized carbons (Fsp3) is 0.286. The van der Waals surface area contributed by atoms with Gasteiger partial charge in [0.15, 0.2) is 0 Å². The number of aromatic nitrogens is 2. The molecule has 0 aliphatic rings. The number of hydrogen-bond acceptors (Lipinski definition) is 3. The van der Waals surface area contributed by atoms with Crippen LogP contribution in [0.15, 0.2) is 36.7 Å². The third kappa shape index (κ3) is 3.58. The summed E-state index contributed by atoms with van der Waals surface area (Å²) in [5.74, 6) is 1.11. The van der Waals surface area contributed by atoms with E-state index >= 15 is 0 Å². The summed E-state index contributed by atoms with van der Waals surface area (Å²) in [6.45, 7) is 0.848. The maximum absolute atomic E-state index is 6.03. The van der Waals surface area contributed by atoms with Gasteiger partial charge in [-0.05, 0) is 12.0 Å². The molecule has 2 rings (SSSR count). The van der Waals surface area contributed by atoms with Crippen molar-refractivity contribution in [1.29, 1.82) is 0 Å². The molecule has 1 aromatic heterocycles. The van der Waals surface area contributed by atoms with Crippen molar-refractivity contribution in [3.63, 3.8) is 0 Å². The molecule has 0 aliphatic heterocycles. The van der Waals surface area contributed by atoms with E-state index in [-0.39, 0.29) is 0 Å². The van der Waals surface area contributed by atoms with E-state index in [9.17, 15) is 0 Å². The van der Waals surface area contributed by atoms with Gasteiger partial charge in [-0.3, -0.25) is 0 Å². The molecule has 0 unspecified atom stereocenters. The first-order valence-corrected chi connectivity index (χ1v) is 6.94. The van der Waals surface area contributed by atoms with Gasteiger partial charge in [0, 0.05) is 19.2 Å². The average molecular weight is 296 g/mol. The molecule has 3 nitrogen and oxygen atoms in total. The van der Waals surface area contributed by atoms with E-state index < -0.39 is 0 Å². The van der Waals surface area contributed by atoms with Crippen LogP contribution in [0.2, 0.25) is 5.15 Å². The summed E-state index contributed by atoms with van der Waals surface area (Å²) < 4.78 is 0. The summed E-state index contributed by atoms with van der Waals surface area (Å²) in [7, 11) is 1.98. The van der Waals surface area contributed by atoms with Crippen molar-refractivity contribution < 1.29 is 0 Å². The number of alkyl halides is 1. The maximum atomic E-state index is 6.03. The highest BCUT2D eigenvalue weighted by atomic mass is 35.5. The molecule has 19 heavy (non-hydrogen) atoms. The fourth-order valence-electron chi connectivity index (χ4n) is 1.87. The number of halogens is 2. The molecule has 0 N–H and O–H groups in total. The number of benzene rings is 1. The van der Waals surface area contributed by atoms with Crippen LogP contribution in [-0.2, 0) is 12.3 Å². The summed E-state index contributed by atoms with van der Waals surface area (Å²) in [6, 6.07) is 10.3. The molecule has 0 saturated heterocycles. The Morgan fingerprint density at radius 2 is 1.89 bits per heavy atom. The molecule has 5 heteroatoms.